The Morgan fingerprint density at radius 2 is 1.71 bits per heavy atom. The molecule has 2 rings (SSSR count). The van der Waals surface area contributed by atoms with Gasteiger partial charge >= 0.3 is 0 Å². The molecule has 112 valence electrons. The van der Waals surface area contributed by atoms with Crippen molar-refractivity contribution in [3.05, 3.63) is 57.8 Å². The third-order valence-corrected chi connectivity index (χ3v) is 4.54. The van der Waals surface area contributed by atoms with E-state index in [2.05, 4.69) is 4.72 Å². The fourth-order valence-corrected chi connectivity index (χ4v) is 3.33. The molecule has 3 N–H and O–H groups in total. The monoisotopic (exact) mass is 348 g/mol. The van der Waals surface area contributed by atoms with E-state index in [-0.39, 0.29) is 22.8 Å². The summed E-state index contributed by atoms with van der Waals surface area (Å²) in [7, 11) is -4.12. The van der Waals surface area contributed by atoms with Crippen LogP contribution in [-0.2, 0) is 16.6 Å². The molecule has 0 aliphatic heterocycles. The van der Waals surface area contributed by atoms with Crippen LogP contribution in [-0.4, -0.2) is 8.42 Å². The zero-order chi connectivity index (χ0) is 15.6. The lowest BCUT2D eigenvalue weighted by atomic mass is 10.2. The molecule has 0 radical (unpaired) electrons. The molecule has 0 fully saturated rings. The quantitative estimate of drug-likeness (QED) is 0.889. The highest BCUT2D eigenvalue weighted by Crippen LogP contribution is 2.26. The van der Waals surface area contributed by atoms with Gasteiger partial charge in [0.15, 0.2) is 0 Å². The topological polar surface area (TPSA) is 72.2 Å². The van der Waals surface area contributed by atoms with Crippen molar-refractivity contribution < 1.29 is 12.8 Å². The highest BCUT2D eigenvalue weighted by molar-refractivity contribution is 7.92. The summed E-state index contributed by atoms with van der Waals surface area (Å²) in [6.45, 7) is -0.157. The predicted octanol–water partition coefficient (Wildman–Crippen LogP) is 3.39. The Hall–Kier alpha value is -1.34. The third kappa shape index (κ3) is 3.65. The van der Waals surface area contributed by atoms with Crippen LogP contribution in [0.1, 0.15) is 5.56 Å². The Kier molecular flexibility index (Phi) is 4.73. The van der Waals surface area contributed by atoms with Crippen LogP contribution in [0.15, 0.2) is 41.3 Å². The summed E-state index contributed by atoms with van der Waals surface area (Å²) in [4.78, 5) is -0.551. The number of nitrogens with one attached hydrogen (secondary N) is 1. The van der Waals surface area contributed by atoms with Gasteiger partial charge in [0.2, 0.25) is 0 Å². The van der Waals surface area contributed by atoms with E-state index in [1.165, 1.54) is 30.3 Å². The molecule has 8 heteroatoms. The van der Waals surface area contributed by atoms with Gasteiger partial charge in [-0.05, 0) is 36.4 Å². The molecular formula is C13H11Cl2FN2O2S. The largest absolute Gasteiger partial charge is 0.326 e. The van der Waals surface area contributed by atoms with Crippen molar-refractivity contribution >= 4 is 38.9 Å². The van der Waals surface area contributed by atoms with Crippen LogP contribution in [0.4, 0.5) is 10.1 Å². The van der Waals surface area contributed by atoms with E-state index in [9.17, 15) is 12.8 Å². The van der Waals surface area contributed by atoms with Crippen LogP contribution in [0, 0.1) is 5.82 Å². The summed E-state index contributed by atoms with van der Waals surface area (Å²) in [5, 5.41) is 0.547. The van der Waals surface area contributed by atoms with Crippen molar-refractivity contribution in [1.29, 1.82) is 0 Å². The van der Waals surface area contributed by atoms with Gasteiger partial charge in [-0.3, -0.25) is 4.72 Å². The van der Waals surface area contributed by atoms with Gasteiger partial charge in [0, 0.05) is 27.8 Å². The SMILES string of the molecule is NCc1cc(Cl)cc(S(=O)(=O)Nc2ccc(Cl)cc2)c1F. The number of nitrogens with two attached hydrogens (primary N) is 1. The van der Waals surface area contributed by atoms with Gasteiger partial charge in [0.25, 0.3) is 10.0 Å². The first-order valence-corrected chi connectivity index (χ1v) is 8.04. The molecule has 0 amide bonds. The summed E-state index contributed by atoms with van der Waals surface area (Å²) in [5.41, 5.74) is 5.66. The van der Waals surface area contributed by atoms with Crippen LogP contribution < -0.4 is 10.5 Å². The van der Waals surface area contributed by atoms with E-state index >= 15 is 0 Å². The van der Waals surface area contributed by atoms with E-state index in [1.54, 1.807) is 0 Å². The average Bonchev–Trinajstić information content (AvgIpc) is 2.43. The molecule has 0 saturated heterocycles. The van der Waals surface area contributed by atoms with Gasteiger partial charge in [-0.2, -0.15) is 0 Å². The molecule has 0 spiro atoms. The lowest BCUT2D eigenvalue weighted by Crippen LogP contribution is -2.16. The molecule has 0 heterocycles. The predicted molar refractivity (Wildman–Crippen MR) is 81.6 cm³/mol. The summed E-state index contributed by atoms with van der Waals surface area (Å²) < 4.78 is 40.9. The van der Waals surface area contributed by atoms with Gasteiger partial charge < -0.3 is 5.73 Å². The van der Waals surface area contributed by atoms with Crippen LogP contribution in [0.5, 0.6) is 0 Å². The lowest BCUT2D eigenvalue weighted by molar-refractivity contribution is 0.561. The molecular weight excluding hydrogens is 338 g/mol. The second kappa shape index (κ2) is 6.19. The second-order valence-corrected chi connectivity index (χ2v) is 6.72. The summed E-state index contributed by atoms with van der Waals surface area (Å²) >= 11 is 11.5. The van der Waals surface area contributed by atoms with Crippen LogP contribution in [0.25, 0.3) is 0 Å². The molecule has 2 aromatic rings. The molecule has 21 heavy (non-hydrogen) atoms. The van der Waals surface area contributed by atoms with E-state index < -0.39 is 20.7 Å². The van der Waals surface area contributed by atoms with Gasteiger partial charge in [-0.15, -0.1) is 0 Å². The van der Waals surface area contributed by atoms with Crippen molar-refractivity contribution in [3.8, 4) is 0 Å². The van der Waals surface area contributed by atoms with Crippen molar-refractivity contribution in [2.45, 2.75) is 11.4 Å². The molecule has 2 aromatic carbocycles. The third-order valence-electron chi connectivity index (χ3n) is 2.69. The van der Waals surface area contributed by atoms with Crippen molar-refractivity contribution in [2.24, 2.45) is 5.73 Å². The first-order chi connectivity index (χ1) is 9.83. The van der Waals surface area contributed by atoms with E-state index in [0.717, 1.165) is 6.07 Å². The second-order valence-electron chi connectivity index (χ2n) is 4.19. The highest BCUT2D eigenvalue weighted by atomic mass is 35.5. The molecule has 0 aliphatic rings. The fraction of sp³-hybridized carbons (Fsp3) is 0.0769. The van der Waals surface area contributed by atoms with Gasteiger partial charge in [-0.1, -0.05) is 23.2 Å². The highest BCUT2D eigenvalue weighted by Gasteiger charge is 2.22. The molecule has 0 saturated carbocycles. The Morgan fingerprint density at radius 3 is 2.29 bits per heavy atom. The number of rotatable bonds is 4. The van der Waals surface area contributed by atoms with Crippen LogP contribution in [0.3, 0.4) is 0 Å². The Balaban J connectivity index is 2.44. The summed E-state index contributed by atoms with van der Waals surface area (Å²) in [5.74, 6) is -0.914. The number of hydrogen-bond acceptors (Lipinski definition) is 3. The van der Waals surface area contributed by atoms with E-state index in [0.29, 0.717) is 5.02 Å². The Bertz CT molecular complexity index is 764. The summed E-state index contributed by atoms with van der Waals surface area (Å²) in [6.07, 6.45) is 0. The lowest BCUT2D eigenvalue weighted by Gasteiger charge is -2.11. The number of anilines is 1. The molecule has 0 aliphatic carbocycles. The van der Waals surface area contributed by atoms with E-state index in [4.69, 9.17) is 28.9 Å². The first kappa shape index (κ1) is 16.0. The molecule has 0 unspecified atom stereocenters. The molecule has 0 aromatic heterocycles. The van der Waals surface area contributed by atoms with Crippen molar-refractivity contribution in [3.63, 3.8) is 0 Å². The smallest absolute Gasteiger partial charge is 0.264 e. The minimum absolute atomic E-state index is 0.0268. The first-order valence-electron chi connectivity index (χ1n) is 5.80. The maximum atomic E-state index is 14.1. The zero-order valence-corrected chi connectivity index (χ0v) is 12.9. The van der Waals surface area contributed by atoms with Crippen LogP contribution in [0.2, 0.25) is 10.0 Å². The average molecular weight is 349 g/mol. The number of hydrogen-bond donors (Lipinski definition) is 2. The van der Waals surface area contributed by atoms with E-state index in [1.807, 2.05) is 0 Å². The normalized spacial score (nSPS) is 11.4. The van der Waals surface area contributed by atoms with Crippen molar-refractivity contribution in [2.75, 3.05) is 4.72 Å². The van der Waals surface area contributed by atoms with Gasteiger partial charge in [0.05, 0.1) is 0 Å². The minimum atomic E-state index is -4.12. The Labute approximate surface area is 131 Å². The number of benzene rings is 2. The molecule has 0 atom stereocenters. The summed E-state index contributed by atoms with van der Waals surface area (Å²) in [6, 6.07) is 8.28. The van der Waals surface area contributed by atoms with Crippen LogP contribution >= 0.6 is 23.2 Å². The van der Waals surface area contributed by atoms with Gasteiger partial charge in [0.1, 0.15) is 10.7 Å². The maximum absolute atomic E-state index is 14.1. The van der Waals surface area contributed by atoms with Crippen molar-refractivity contribution in [1.82, 2.24) is 0 Å². The zero-order valence-electron chi connectivity index (χ0n) is 10.6. The molecule has 0 bridgehead atoms. The molecule has 4 nitrogen and oxygen atoms in total. The standard InChI is InChI=1S/C13H11Cl2FN2O2S/c14-9-1-3-11(4-2-9)18-21(19,20)12-6-10(15)5-8(7-17)13(12)16/h1-6,18H,7,17H2. The Morgan fingerprint density at radius 1 is 1.10 bits per heavy atom. The number of sulfonamides is 1. The minimum Gasteiger partial charge on any atom is -0.326 e. The number of halogens is 3. The fourth-order valence-electron chi connectivity index (χ4n) is 1.69. The maximum Gasteiger partial charge on any atom is 0.264 e. The van der Waals surface area contributed by atoms with Gasteiger partial charge in [-0.25, -0.2) is 12.8 Å².